The summed E-state index contributed by atoms with van der Waals surface area (Å²) >= 11 is 0. The van der Waals surface area contributed by atoms with Crippen LogP contribution in [0.5, 0.6) is 0 Å². The number of β-amino-alcohol motifs (C(OH)–C–C–N with tert-alkyl or cyclic N) is 1. The normalized spacial score (nSPS) is 27.5. The molecule has 78 valence electrons. The van der Waals surface area contributed by atoms with Crippen molar-refractivity contribution in [2.24, 2.45) is 0 Å². The van der Waals surface area contributed by atoms with Crippen LogP contribution in [0.2, 0.25) is 0 Å². The smallest absolute Gasteiger partial charge is 0.0639 e. The highest BCUT2D eigenvalue weighted by Crippen LogP contribution is 2.07. The summed E-state index contributed by atoms with van der Waals surface area (Å²) in [5.74, 6) is 0. The fourth-order valence-corrected chi connectivity index (χ4v) is 1.82. The van der Waals surface area contributed by atoms with Crippen LogP contribution in [0.1, 0.15) is 13.3 Å². The lowest BCUT2D eigenvalue weighted by Gasteiger charge is -2.36. The van der Waals surface area contributed by atoms with E-state index >= 15 is 0 Å². The Labute approximate surface area is 79.6 Å². The molecule has 3 N–H and O–H groups in total. The number of piperazine rings is 1. The third-order valence-electron chi connectivity index (χ3n) is 2.43. The van der Waals surface area contributed by atoms with E-state index in [2.05, 4.69) is 10.2 Å². The van der Waals surface area contributed by atoms with Gasteiger partial charge in [-0.2, -0.15) is 0 Å². The van der Waals surface area contributed by atoms with Crippen molar-refractivity contribution in [3.05, 3.63) is 0 Å². The van der Waals surface area contributed by atoms with Crippen molar-refractivity contribution >= 4 is 0 Å². The van der Waals surface area contributed by atoms with Crippen LogP contribution < -0.4 is 5.32 Å². The van der Waals surface area contributed by atoms with Gasteiger partial charge in [0.05, 0.1) is 6.10 Å². The number of nitrogens with one attached hydrogen (secondary N) is 1. The van der Waals surface area contributed by atoms with Gasteiger partial charge in [-0.25, -0.2) is 0 Å². The van der Waals surface area contributed by atoms with E-state index in [0.29, 0.717) is 12.6 Å². The van der Waals surface area contributed by atoms with Crippen molar-refractivity contribution in [2.75, 3.05) is 32.8 Å². The van der Waals surface area contributed by atoms with Gasteiger partial charge in [0, 0.05) is 38.8 Å². The van der Waals surface area contributed by atoms with E-state index in [9.17, 15) is 5.11 Å². The quantitative estimate of drug-likeness (QED) is 0.531. The molecule has 0 aliphatic carbocycles. The molecule has 4 heteroatoms. The predicted octanol–water partition coefficient (Wildman–Crippen LogP) is -0.977. The maximum absolute atomic E-state index is 9.27. The fraction of sp³-hybridized carbons (Fsp3) is 1.00. The van der Waals surface area contributed by atoms with Gasteiger partial charge < -0.3 is 15.5 Å². The van der Waals surface area contributed by atoms with Crippen LogP contribution in [0.4, 0.5) is 0 Å². The summed E-state index contributed by atoms with van der Waals surface area (Å²) in [6.45, 7) is 5.62. The molecule has 2 unspecified atom stereocenters. The van der Waals surface area contributed by atoms with Crippen LogP contribution in [0.15, 0.2) is 0 Å². The van der Waals surface area contributed by atoms with Gasteiger partial charge in [-0.1, -0.05) is 0 Å². The molecule has 0 bridgehead atoms. The number of hydrogen-bond donors (Lipinski definition) is 3. The SMILES string of the molecule is CC(O)CN1CCNCC1CCO. The highest BCUT2D eigenvalue weighted by atomic mass is 16.3. The maximum atomic E-state index is 9.27. The maximum Gasteiger partial charge on any atom is 0.0639 e. The number of nitrogens with zero attached hydrogens (tertiary/aromatic N) is 1. The number of hydrogen-bond acceptors (Lipinski definition) is 4. The molecule has 2 atom stereocenters. The second kappa shape index (κ2) is 5.54. The minimum atomic E-state index is -0.278. The van der Waals surface area contributed by atoms with Gasteiger partial charge in [0.2, 0.25) is 0 Å². The van der Waals surface area contributed by atoms with Gasteiger partial charge >= 0.3 is 0 Å². The Bertz CT molecular complexity index is 140. The topological polar surface area (TPSA) is 55.7 Å². The Kier molecular flexibility index (Phi) is 4.66. The van der Waals surface area contributed by atoms with Crippen LogP contribution in [-0.2, 0) is 0 Å². The minimum Gasteiger partial charge on any atom is -0.396 e. The predicted molar refractivity (Wildman–Crippen MR) is 51.6 cm³/mol. The highest BCUT2D eigenvalue weighted by Gasteiger charge is 2.22. The summed E-state index contributed by atoms with van der Waals surface area (Å²) < 4.78 is 0. The molecule has 0 aromatic rings. The van der Waals surface area contributed by atoms with Crippen LogP contribution in [-0.4, -0.2) is 60.0 Å². The molecule has 0 radical (unpaired) electrons. The average Bonchev–Trinajstić information content (AvgIpc) is 2.08. The van der Waals surface area contributed by atoms with Crippen LogP contribution in [0, 0.1) is 0 Å². The lowest BCUT2D eigenvalue weighted by molar-refractivity contribution is 0.0718. The monoisotopic (exact) mass is 188 g/mol. The Hall–Kier alpha value is -0.160. The minimum absolute atomic E-state index is 0.225. The third kappa shape index (κ3) is 3.60. The first-order valence-electron chi connectivity index (χ1n) is 4.97. The Morgan fingerprint density at radius 2 is 2.38 bits per heavy atom. The summed E-state index contributed by atoms with van der Waals surface area (Å²) in [5, 5.41) is 21.4. The first-order chi connectivity index (χ1) is 6.24. The summed E-state index contributed by atoms with van der Waals surface area (Å²) in [6.07, 6.45) is 0.513. The van der Waals surface area contributed by atoms with Gasteiger partial charge in [-0.15, -0.1) is 0 Å². The summed E-state index contributed by atoms with van der Waals surface area (Å²) in [6, 6.07) is 0.383. The lowest BCUT2D eigenvalue weighted by Crippen LogP contribution is -2.53. The summed E-state index contributed by atoms with van der Waals surface area (Å²) in [7, 11) is 0. The average molecular weight is 188 g/mol. The van der Waals surface area contributed by atoms with Crippen molar-refractivity contribution in [1.29, 1.82) is 0 Å². The number of aliphatic hydroxyl groups excluding tert-OH is 2. The molecule has 1 saturated heterocycles. The van der Waals surface area contributed by atoms with Crippen LogP contribution in [0.3, 0.4) is 0 Å². The van der Waals surface area contributed by atoms with E-state index in [1.54, 1.807) is 6.92 Å². The molecule has 1 rings (SSSR count). The molecule has 13 heavy (non-hydrogen) atoms. The third-order valence-corrected chi connectivity index (χ3v) is 2.43. The molecule has 0 spiro atoms. The molecular formula is C9H20N2O2. The Balaban J connectivity index is 2.36. The number of rotatable bonds is 4. The van der Waals surface area contributed by atoms with Gasteiger partial charge in [0.1, 0.15) is 0 Å². The molecule has 4 nitrogen and oxygen atoms in total. The van der Waals surface area contributed by atoms with Crippen molar-refractivity contribution in [1.82, 2.24) is 10.2 Å². The molecule has 1 fully saturated rings. The van der Waals surface area contributed by atoms with Gasteiger partial charge in [0.15, 0.2) is 0 Å². The second-order valence-electron chi connectivity index (χ2n) is 3.71. The summed E-state index contributed by atoms with van der Waals surface area (Å²) in [5.41, 5.74) is 0. The highest BCUT2D eigenvalue weighted by molar-refractivity contribution is 4.80. The largest absolute Gasteiger partial charge is 0.396 e. The first-order valence-corrected chi connectivity index (χ1v) is 4.97. The zero-order chi connectivity index (χ0) is 9.68. The molecule has 1 heterocycles. The number of aliphatic hydroxyl groups is 2. The van der Waals surface area contributed by atoms with Crippen LogP contribution in [0.25, 0.3) is 0 Å². The van der Waals surface area contributed by atoms with Crippen molar-refractivity contribution in [2.45, 2.75) is 25.5 Å². The molecule has 1 aliphatic rings. The lowest BCUT2D eigenvalue weighted by atomic mass is 10.1. The van der Waals surface area contributed by atoms with Gasteiger partial charge in [-0.05, 0) is 13.3 Å². The van der Waals surface area contributed by atoms with Gasteiger partial charge in [-0.3, -0.25) is 4.90 Å². The molecule has 0 aromatic carbocycles. The Morgan fingerprint density at radius 3 is 3.00 bits per heavy atom. The van der Waals surface area contributed by atoms with Gasteiger partial charge in [0.25, 0.3) is 0 Å². The second-order valence-corrected chi connectivity index (χ2v) is 3.71. The van der Waals surface area contributed by atoms with Crippen molar-refractivity contribution < 1.29 is 10.2 Å². The molecule has 0 saturated carbocycles. The molecule has 0 aromatic heterocycles. The van der Waals surface area contributed by atoms with Crippen LogP contribution >= 0.6 is 0 Å². The van der Waals surface area contributed by atoms with E-state index in [-0.39, 0.29) is 12.7 Å². The van der Waals surface area contributed by atoms with Crippen molar-refractivity contribution in [3.8, 4) is 0 Å². The van der Waals surface area contributed by atoms with E-state index in [1.807, 2.05) is 0 Å². The van der Waals surface area contributed by atoms with E-state index in [4.69, 9.17) is 5.11 Å². The summed E-state index contributed by atoms with van der Waals surface area (Å²) in [4.78, 5) is 2.25. The van der Waals surface area contributed by atoms with E-state index < -0.39 is 0 Å². The van der Waals surface area contributed by atoms with Crippen molar-refractivity contribution in [3.63, 3.8) is 0 Å². The van der Waals surface area contributed by atoms with E-state index in [1.165, 1.54) is 0 Å². The zero-order valence-corrected chi connectivity index (χ0v) is 8.24. The van der Waals surface area contributed by atoms with E-state index in [0.717, 1.165) is 26.1 Å². The zero-order valence-electron chi connectivity index (χ0n) is 8.24. The Morgan fingerprint density at radius 1 is 1.62 bits per heavy atom. The first kappa shape index (κ1) is 10.9. The molecular weight excluding hydrogens is 168 g/mol. The standard InChI is InChI=1S/C9H20N2O2/c1-8(13)7-11-4-3-10-6-9(11)2-5-12/h8-10,12-13H,2-7H2,1H3. The fourth-order valence-electron chi connectivity index (χ4n) is 1.82. The molecule has 1 aliphatic heterocycles. The molecule has 0 amide bonds.